The van der Waals surface area contributed by atoms with Gasteiger partial charge in [-0.3, -0.25) is 9.59 Å². The van der Waals surface area contributed by atoms with E-state index in [1.54, 1.807) is 44.2 Å². The van der Waals surface area contributed by atoms with Crippen molar-refractivity contribution in [1.82, 2.24) is 5.32 Å². The summed E-state index contributed by atoms with van der Waals surface area (Å²) in [5.41, 5.74) is -2.57. The molecule has 0 radical (unpaired) electrons. The first-order valence-corrected chi connectivity index (χ1v) is 10.3. The Morgan fingerprint density at radius 3 is 2.38 bits per heavy atom. The van der Waals surface area contributed by atoms with Crippen molar-refractivity contribution in [3.8, 4) is 0 Å². The van der Waals surface area contributed by atoms with Crippen LogP contribution in [-0.2, 0) is 23.9 Å². The Labute approximate surface area is 188 Å². The molecule has 0 saturated carbocycles. The number of fused-ring (bicyclic) bond motifs is 1. The second-order valence-electron chi connectivity index (χ2n) is 8.15. The smallest absolute Gasteiger partial charge is 0.337 e. The van der Waals surface area contributed by atoms with Gasteiger partial charge in [0, 0.05) is 13.0 Å². The molecule has 174 valence electrons. The van der Waals surface area contributed by atoms with Crippen molar-refractivity contribution in [2.45, 2.75) is 58.0 Å². The monoisotopic (exact) mass is 445 g/mol. The van der Waals surface area contributed by atoms with Gasteiger partial charge in [-0.05, 0) is 46.3 Å². The van der Waals surface area contributed by atoms with E-state index in [1.165, 1.54) is 14.0 Å². The number of Topliss-reactive ketones (excluding diaryl/α,β-unsaturated/α-hetero) is 1. The van der Waals surface area contributed by atoms with Gasteiger partial charge in [-0.15, -0.1) is 0 Å². The summed E-state index contributed by atoms with van der Waals surface area (Å²) >= 11 is 0. The number of rotatable bonds is 9. The first-order chi connectivity index (χ1) is 14.9. The third-order valence-electron chi connectivity index (χ3n) is 5.84. The average molecular weight is 446 g/mol. The van der Waals surface area contributed by atoms with E-state index in [0.29, 0.717) is 5.57 Å². The van der Waals surface area contributed by atoms with E-state index in [1.807, 2.05) is 19.9 Å². The number of morpholine rings is 1. The van der Waals surface area contributed by atoms with Crippen molar-refractivity contribution in [2.24, 2.45) is 0 Å². The topological polar surface area (TPSA) is 125 Å². The van der Waals surface area contributed by atoms with Gasteiger partial charge in [-0.2, -0.15) is 0 Å². The summed E-state index contributed by atoms with van der Waals surface area (Å²) in [7, 11) is 1.33. The van der Waals surface area contributed by atoms with Crippen LogP contribution in [-0.4, -0.2) is 58.5 Å². The largest absolute Gasteiger partial charge is 0.465 e. The van der Waals surface area contributed by atoms with Crippen LogP contribution in [0.2, 0.25) is 0 Å². The second-order valence-corrected chi connectivity index (χ2v) is 8.15. The molecular formula is C24H31NO7. The Morgan fingerprint density at radius 2 is 1.84 bits per heavy atom. The van der Waals surface area contributed by atoms with Crippen molar-refractivity contribution in [2.75, 3.05) is 13.7 Å². The van der Waals surface area contributed by atoms with Gasteiger partial charge in [0.05, 0.1) is 12.7 Å². The number of allylic oxidation sites excluding steroid dienone is 7. The van der Waals surface area contributed by atoms with E-state index in [4.69, 9.17) is 9.47 Å². The molecule has 0 spiro atoms. The number of esters is 1. The zero-order valence-electron chi connectivity index (χ0n) is 19.3. The maximum atomic E-state index is 13.0. The molecule has 2 saturated heterocycles. The van der Waals surface area contributed by atoms with E-state index in [-0.39, 0.29) is 18.6 Å². The molecule has 2 aliphatic heterocycles. The molecule has 0 bridgehead atoms. The Balaban J connectivity index is 2.14. The number of methoxy groups -OCH3 is 1. The minimum atomic E-state index is -1.80. The van der Waals surface area contributed by atoms with Gasteiger partial charge in [-0.1, -0.05) is 41.5 Å². The fourth-order valence-electron chi connectivity index (χ4n) is 3.91. The summed E-state index contributed by atoms with van der Waals surface area (Å²) in [6.07, 6.45) is 10.1. The number of carbonyl (C=O) groups is 3. The van der Waals surface area contributed by atoms with Crippen LogP contribution in [0.3, 0.4) is 0 Å². The number of aliphatic hydroxyl groups is 2. The molecule has 2 heterocycles. The van der Waals surface area contributed by atoms with Crippen LogP contribution < -0.4 is 5.32 Å². The van der Waals surface area contributed by atoms with Gasteiger partial charge in [0.2, 0.25) is 11.4 Å². The predicted molar refractivity (Wildman–Crippen MR) is 118 cm³/mol. The Hall–Kier alpha value is -2.81. The second kappa shape index (κ2) is 9.36. The Kier molecular flexibility index (Phi) is 7.44. The summed E-state index contributed by atoms with van der Waals surface area (Å²) < 4.78 is 10.2. The highest BCUT2D eigenvalue weighted by Gasteiger charge is 2.88. The van der Waals surface area contributed by atoms with Crippen molar-refractivity contribution in [3.63, 3.8) is 0 Å². The predicted octanol–water partition coefficient (Wildman–Crippen LogP) is 1.80. The van der Waals surface area contributed by atoms with Gasteiger partial charge < -0.3 is 25.0 Å². The highest BCUT2D eigenvalue weighted by molar-refractivity contribution is 6.22. The molecule has 3 atom stereocenters. The number of ether oxygens (including phenoxy) is 2. The molecule has 0 aliphatic carbocycles. The SMILES string of the molecule is C\C=C(/C=C(C)/C=C(C)/C=C/C=C(\C)C(=O)[C@]12O[C@@]1(C)[C@@](O)(CCO)NC2=O)C(=O)OC. The molecule has 8 nitrogen and oxygen atoms in total. The van der Waals surface area contributed by atoms with Crippen molar-refractivity contribution < 1.29 is 34.1 Å². The zero-order chi connectivity index (χ0) is 24.3. The fourth-order valence-corrected chi connectivity index (χ4v) is 3.91. The highest BCUT2D eigenvalue weighted by atomic mass is 16.7. The van der Waals surface area contributed by atoms with E-state index in [2.05, 4.69) is 5.32 Å². The number of hydrogen-bond acceptors (Lipinski definition) is 7. The van der Waals surface area contributed by atoms with Gasteiger partial charge in [-0.25, -0.2) is 4.79 Å². The lowest BCUT2D eigenvalue weighted by Gasteiger charge is -2.27. The highest BCUT2D eigenvalue weighted by Crippen LogP contribution is 2.60. The molecule has 0 aromatic carbocycles. The molecule has 0 unspecified atom stereocenters. The summed E-state index contributed by atoms with van der Waals surface area (Å²) in [5, 5.41) is 22.2. The quantitative estimate of drug-likeness (QED) is 0.162. The van der Waals surface area contributed by atoms with E-state index < -0.39 is 34.6 Å². The third kappa shape index (κ3) is 4.26. The van der Waals surface area contributed by atoms with Crippen LogP contribution >= 0.6 is 0 Å². The van der Waals surface area contributed by atoms with E-state index in [0.717, 1.165) is 11.1 Å². The zero-order valence-corrected chi connectivity index (χ0v) is 19.3. The number of amides is 1. The average Bonchev–Trinajstić information content (AvgIpc) is 3.35. The van der Waals surface area contributed by atoms with E-state index >= 15 is 0 Å². The van der Waals surface area contributed by atoms with Crippen LogP contribution in [0.5, 0.6) is 0 Å². The minimum Gasteiger partial charge on any atom is -0.465 e. The van der Waals surface area contributed by atoms with Gasteiger partial charge in [0.15, 0.2) is 11.3 Å². The van der Waals surface area contributed by atoms with Crippen molar-refractivity contribution in [1.29, 1.82) is 0 Å². The van der Waals surface area contributed by atoms with Gasteiger partial charge in [0.25, 0.3) is 5.91 Å². The van der Waals surface area contributed by atoms with Crippen LogP contribution in [0.1, 0.15) is 41.0 Å². The van der Waals surface area contributed by atoms with Crippen LogP contribution in [0.25, 0.3) is 0 Å². The first kappa shape index (κ1) is 25.5. The van der Waals surface area contributed by atoms with Gasteiger partial charge >= 0.3 is 5.97 Å². The summed E-state index contributed by atoms with van der Waals surface area (Å²) in [6, 6.07) is 0. The molecule has 0 aromatic rings. The number of ketones is 1. The van der Waals surface area contributed by atoms with E-state index in [9.17, 15) is 24.6 Å². The summed E-state index contributed by atoms with van der Waals surface area (Å²) in [4.78, 5) is 37.1. The minimum absolute atomic E-state index is 0.144. The normalized spacial score (nSPS) is 30.9. The molecule has 3 N–H and O–H groups in total. The molecule has 0 aromatic heterocycles. The summed E-state index contributed by atoms with van der Waals surface area (Å²) in [5.74, 6) is -1.66. The van der Waals surface area contributed by atoms with Crippen LogP contribution in [0, 0.1) is 0 Å². The maximum absolute atomic E-state index is 13.0. The Morgan fingerprint density at radius 1 is 1.19 bits per heavy atom. The Bertz CT molecular complexity index is 971. The van der Waals surface area contributed by atoms with Gasteiger partial charge in [0.1, 0.15) is 0 Å². The fraction of sp³-hybridized carbons (Fsp3) is 0.458. The van der Waals surface area contributed by atoms with Crippen molar-refractivity contribution in [3.05, 3.63) is 58.7 Å². The van der Waals surface area contributed by atoms with Crippen LogP contribution in [0.15, 0.2) is 58.7 Å². The number of hydrogen-bond donors (Lipinski definition) is 3. The standard InChI is InChI=1S/C24H31NO7/c1-7-18(20(28)31-6)14-16(3)13-15(2)9-8-10-17(4)19(27)24-21(29)25-23(30,11-12-26)22(24,5)32-24/h7-10,13-14,26,30H,11-12H2,1-6H3,(H,25,29)/b9-8+,15-13+,16-14+,17-10+,18-7+/t22-,23-,24+/m0/s1. The number of carbonyl (C=O) groups excluding carboxylic acids is 3. The molecule has 2 rings (SSSR count). The molecule has 8 heteroatoms. The lowest BCUT2D eigenvalue weighted by molar-refractivity contribution is -0.140. The lowest BCUT2D eigenvalue weighted by Crippen LogP contribution is -2.52. The first-order valence-electron chi connectivity index (χ1n) is 10.3. The lowest BCUT2D eigenvalue weighted by atomic mass is 9.83. The number of epoxide rings is 1. The summed E-state index contributed by atoms with van der Waals surface area (Å²) in [6.45, 7) is 8.15. The van der Waals surface area contributed by atoms with Crippen LogP contribution in [0.4, 0.5) is 0 Å². The molecule has 2 fully saturated rings. The maximum Gasteiger partial charge on any atom is 0.337 e. The molecular weight excluding hydrogens is 414 g/mol. The molecule has 2 aliphatic rings. The number of nitrogens with one attached hydrogen (secondary N) is 1. The molecule has 1 amide bonds. The third-order valence-corrected chi connectivity index (χ3v) is 5.84. The van der Waals surface area contributed by atoms with Crippen molar-refractivity contribution >= 4 is 17.7 Å². The molecule has 32 heavy (non-hydrogen) atoms. The number of aliphatic hydroxyl groups excluding tert-OH is 1.